The lowest BCUT2D eigenvalue weighted by molar-refractivity contribution is 0.0695. The van der Waals surface area contributed by atoms with Crippen molar-refractivity contribution >= 4 is 16.9 Å². The van der Waals surface area contributed by atoms with E-state index in [-0.39, 0.29) is 18.7 Å². The smallest absolute Gasteiger partial charge is 0.339 e. The average Bonchev–Trinajstić information content (AvgIpc) is 2.83. The molecule has 1 unspecified atom stereocenters. The van der Waals surface area contributed by atoms with E-state index in [1.165, 1.54) is 0 Å². The Morgan fingerprint density at radius 3 is 2.70 bits per heavy atom. The van der Waals surface area contributed by atoms with Gasteiger partial charge in [0.15, 0.2) is 0 Å². The number of fused-ring (bicyclic) bond motifs is 1. The molecule has 2 rings (SSSR count). The van der Waals surface area contributed by atoms with Gasteiger partial charge in [0, 0.05) is 10.9 Å². The molecule has 5 nitrogen and oxygen atoms in total. The summed E-state index contributed by atoms with van der Waals surface area (Å²) in [5, 5.41) is 22.5. The van der Waals surface area contributed by atoms with E-state index in [0.717, 1.165) is 6.42 Å². The maximum absolute atomic E-state index is 11.4. The molecule has 0 saturated carbocycles. The summed E-state index contributed by atoms with van der Waals surface area (Å²) < 4.78 is 5.62. The molecular weight excluding hydrogens is 258 g/mol. The van der Waals surface area contributed by atoms with E-state index >= 15 is 0 Å². The van der Waals surface area contributed by atoms with E-state index in [2.05, 4.69) is 5.32 Å². The minimum Gasteiger partial charge on any atom is -0.478 e. The fraction of sp³-hybridized carbons (Fsp3) is 0.400. The topological polar surface area (TPSA) is 82.7 Å². The van der Waals surface area contributed by atoms with Gasteiger partial charge in [-0.15, -0.1) is 0 Å². The number of para-hydroxylation sites is 1. The number of furan rings is 1. The van der Waals surface area contributed by atoms with Gasteiger partial charge in [-0.2, -0.15) is 0 Å². The predicted octanol–water partition coefficient (Wildman–Crippen LogP) is 2.38. The van der Waals surface area contributed by atoms with Crippen LogP contribution in [0.4, 0.5) is 0 Å². The quantitative estimate of drug-likeness (QED) is 0.755. The maximum Gasteiger partial charge on any atom is 0.339 e. The second-order valence-electron chi connectivity index (χ2n) is 5.13. The molecule has 1 aromatic heterocycles. The standard InChI is InChI=1S/C15H19NO4/c1-3-15(2,9-17)16-8-12-13(14(18)19)10-6-4-5-7-11(10)20-12/h4-7,16-17H,3,8-9H2,1-2H3,(H,18,19). The molecule has 1 heterocycles. The van der Waals surface area contributed by atoms with Gasteiger partial charge in [0.1, 0.15) is 16.9 Å². The molecule has 0 saturated heterocycles. The molecule has 3 N–H and O–H groups in total. The monoisotopic (exact) mass is 277 g/mol. The van der Waals surface area contributed by atoms with Crippen molar-refractivity contribution < 1.29 is 19.4 Å². The third kappa shape index (κ3) is 2.69. The van der Waals surface area contributed by atoms with Gasteiger partial charge < -0.3 is 19.9 Å². The summed E-state index contributed by atoms with van der Waals surface area (Å²) in [6, 6.07) is 7.07. The summed E-state index contributed by atoms with van der Waals surface area (Å²) in [7, 11) is 0. The van der Waals surface area contributed by atoms with Crippen LogP contribution >= 0.6 is 0 Å². The van der Waals surface area contributed by atoms with Crippen LogP contribution in [0.3, 0.4) is 0 Å². The van der Waals surface area contributed by atoms with Gasteiger partial charge >= 0.3 is 5.97 Å². The van der Waals surface area contributed by atoms with Crippen LogP contribution < -0.4 is 5.32 Å². The Morgan fingerprint density at radius 2 is 2.10 bits per heavy atom. The number of nitrogens with one attached hydrogen (secondary N) is 1. The zero-order valence-electron chi connectivity index (χ0n) is 11.6. The lowest BCUT2D eigenvalue weighted by atomic mass is 10.00. The van der Waals surface area contributed by atoms with Crippen molar-refractivity contribution in [2.24, 2.45) is 0 Å². The molecule has 0 radical (unpaired) electrons. The Labute approximate surface area is 117 Å². The fourth-order valence-corrected chi connectivity index (χ4v) is 2.04. The molecule has 0 spiro atoms. The number of carboxylic acid groups (broad SMARTS) is 1. The summed E-state index contributed by atoms with van der Waals surface area (Å²) in [4.78, 5) is 11.4. The largest absolute Gasteiger partial charge is 0.478 e. The van der Waals surface area contributed by atoms with Crippen LogP contribution in [0.25, 0.3) is 11.0 Å². The number of aliphatic hydroxyl groups excluding tert-OH is 1. The second kappa shape index (κ2) is 5.64. The summed E-state index contributed by atoms with van der Waals surface area (Å²) in [6.07, 6.45) is 0.728. The van der Waals surface area contributed by atoms with E-state index in [1.807, 2.05) is 13.8 Å². The van der Waals surface area contributed by atoms with Crippen LogP contribution in [-0.4, -0.2) is 28.3 Å². The summed E-state index contributed by atoms with van der Waals surface area (Å²) in [6.45, 7) is 4.09. The Hall–Kier alpha value is -1.85. The average molecular weight is 277 g/mol. The van der Waals surface area contributed by atoms with Crippen LogP contribution in [0.15, 0.2) is 28.7 Å². The number of aromatic carboxylic acids is 1. The Kier molecular flexibility index (Phi) is 4.11. The first-order valence-electron chi connectivity index (χ1n) is 6.60. The third-order valence-corrected chi connectivity index (χ3v) is 3.69. The highest BCUT2D eigenvalue weighted by molar-refractivity contribution is 6.03. The fourth-order valence-electron chi connectivity index (χ4n) is 2.04. The molecular formula is C15H19NO4. The molecule has 108 valence electrons. The zero-order valence-corrected chi connectivity index (χ0v) is 11.6. The van der Waals surface area contributed by atoms with E-state index in [4.69, 9.17) is 4.42 Å². The van der Waals surface area contributed by atoms with Gasteiger partial charge in [0.25, 0.3) is 0 Å². The normalized spacial score (nSPS) is 14.3. The number of carboxylic acids is 1. The second-order valence-corrected chi connectivity index (χ2v) is 5.13. The first-order valence-corrected chi connectivity index (χ1v) is 6.60. The van der Waals surface area contributed by atoms with Gasteiger partial charge in [0.2, 0.25) is 0 Å². The molecule has 0 aliphatic carbocycles. The minimum absolute atomic E-state index is 0.0217. The maximum atomic E-state index is 11.4. The van der Waals surface area contributed by atoms with Gasteiger partial charge in [-0.3, -0.25) is 0 Å². The van der Waals surface area contributed by atoms with E-state index in [0.29, 0.717) is 16.7 Å². The van der Waals surface area contributed by atoms with Crippen molar-refractivity contribution in [3.63, 3.8) is 0 Å². The summed E-state index contributed by atoms with van der Waals surface area (Å²) in [5.74, 6) is -0.624. The van der Waals surface area contributed by atoms with Gasteiger partial charge in [-0.25, -0.2) is 4.79 Å². The van der Waals surface area contributed by atoms with Crippen molar-refractivity contribution in [1.29, 1.82) is 0 Å². The van der Waals surface area contributed by atoms with Crippen molar-refractivity contribution in [1.82, 2.24) is 5.32 Å². The Bertz CT molecular complexity index is 613. The first kappa shape index (κ1) is 14.6. The first-order chi connectivity index (χ1) is 9.50. The Balaban J connectivity index is 2.34. The molecule has 1 aromatic carbocycles. The van der Waals surface area contributed by atoms with E-state index in [9.17, 15) is 15.0 Å². The predicted molar refractivity (Wildman–Crippen MR) is 75.8 cm³/mol. The van der Waals surface area contributed by atoms with Crippen LogP contribution in [0, 0.1) is 0 Å². The number of carbonyl (C=O) groups is 1. The molecule has 0 aliphatic heterocycles. The van der Waals surface area contributed by atoms with Crippen molar-refractivity contribution in [2.45, 2.75) is 32.4 Å². The molecule has 2 aromatic rings. The van der Waals surface area contributed by atoms with Crippen LogP contribution in [-0.2, 0) is 6.54 Å². The lowest BCUT2D eigenvalue weighted by Crippen LogP contribution is -2.44. The van der Waals surface area contributed by atoms with Crippen LogP contribution in [0.5, 0.6) is 0 Å². The highest BCUT2D eigenvalue weighted by Gasteiger charge is 2.24. The van der Waals surface area contributed by atoms with Gasteiger partial charge in [-0.05, 0) is 19.4 Å². The van der Waals surface area contributed by atoms with Crippen molar-refractivity contribution in [3.05, 3.63) is 35.6 Å². The molecule has 1 atom stereocenters. The van der Waals surface area contributed by atoms with Crippen molar-refractivity contribution in [2.75, 3.05) is 6.61 Å². The Morgan fingerprint density at radius 1 is 1.40 bits per heavy atom. The van der Waals surface area contributed by atoms with E-state index < -0.39 is 11.5 Å². The highest BCUT2D eigenvalue weighted by Crippen LogP contribution is 2.26. The molecule has 0 fully saturated rings. The molecule has 0 bridgehead atoms. The van der Waals surface area contributed by atoms with Crippen LogP contribution in [0.2, 0.25) is 0 Å². The minimum atomic E-state index is -1.01. The molecule has 5 heteroatoms. The zero-order chi connectivity index (χ0) is 14.8. The summed E-state index contributed by atoms with van der Waals surface area (Å²) in [5.41, 5.74) is 0.294. The number of rotatable bonds is 6. The molecule has 20 heavy (non-hydrogen) atoms. The number of hydrogen-bond acceptors (Lipinski definition) is 4. The van der Waals surface area contributed by atoms with Gasteiger partial charge in [-0.1, -0.05) is 25.1 Å². The molecule has 0 amide bonds. The number of benzene rings is 1. The van der Waals surface area contributed by atoms with E-state index in [1.54, 1.807) is 24.3 Å². The highest BCUT2D eigenvalue weighted by atomic mass is 16.4. The number of hydrogen-bond donors (Lipinski definition) is 3. The van der Waals surface area contributed by atoms with Crippen molar-refractivity contribution in [3.8, 4) is 0 Å². The lowest BCUT2D eigenvalue weighted by Gasteiger charge is -2.26. The SMILES string of the molecule is CCC(C)(CO)NCc1oc2ccccc2c1C(=O)O. The number of aliphatic hydroxyl groups is 1. The van der Waals surface area contributed by atoms with Crippen LogP contribution in [0.1, 0.15) is 36.4 Å². The summed E-state index contributed by atoms with van der Waals surface area (Å²) >= 11 is 0. The third-order valence-electron chi connectivity index (χ3n) is 3.69. The van der Waals surface area contributed by atoms with Gasteiger partial charge in [0.05, 0.1) is 13.2 Å². The molecule has 0 aliphatic rings.